The molecule has 2 aliphatic rings. The summed E-state index contributed by atoms with van der Waals surface area (Å²) in [6.07, 6.45) is 2.49. The Hall–Kier alpha value is -5.56. The molecule has 0 bridgehead atoms. The van der Waals surface area contributed by atoms with Crippen LogP contribution in [0.15, 0.2) is 65.7 Å². The molecule has 3 aromatic carbocycles. The summed E-state index contributed by atoms with van der Waals surface area (Å²) < 4.78 is 45.5. The highest BCUT2D eigenvalue weighted by molar-refractivity contribution is 6.34. The fourth-order valence-corrected chi connectivity index (χ4v) is 6.26. The normalized spacial score (nSPS) is 18.3. The highest BCUT2D eigenvalue weighted by atomic mass is 35.5. The number of halogens is 3. The van der Waals surface area contributed by atoms with Crippen molar-refractivity contribution in [2.24, 2.45) is 10.7 Å². The maximum absolute atomic E-state index is 14.7. The predicted octanol–water partition coefficient (Wildman–Crippen LogP) is 5.07. The van der Waals surface area contributed by atoms with Gasteiger partial charge in [0.05, 0.1) is 30.6 Å². The summed E-state index contributed by atoms with van der Waals surface area (Å²) in [6, 6.07) is 15.5. The van der Waals surface area contributed by atoms with Crippen LogP contribution >= 0.6 is 11.6 Å². The summed E-state index contributed by atoms with van der Waals surface area (Å²) in [5.74, 6) is -3.61. The van der Waals surface area contributed by atoms with E-state index in [0.29, 0.717) is 17.4 Å². The second kappa shape index (κ2) is 13.3. The zero-order valence-electron chi connectivity index (χ0n) is 27.9. The number of nitrogens with zero attached hydrogens (tertiary/aromatic N) is 2. The van der Waals surface area contributed by atoms with E-state index in [1.165, 1.54) is 38.6 Å². The first-order valence-corrected chi connectivity index (χ1v) is 16.2. The van der Waals surface area contributed by atoms with Gasteiger partial charge in [-0.25, -0.2) is 13.8 Å². The zero-order chi connectivity index (χ0) is 36.7. The minimum atomic E-state index is -1.67. The van der Waals surface area contributed by atoms with Gasteiger partial charge >= 0.3 is 0 Å². The molecule has 264 valence electrons. The summed E-state index contributed by atoms with van der Waals surface area (Å²) >= 11 is 6.64. The van der Waals surface area contributed by atoms with Crippen molar-refractivity contribution in [2.75, 3.05) is 33.1 Å². The van der Waals surface area contributed by atoms with Gasteiger partial charge in [0, 0.05) is 47.9 Å². The summed E-state index contributed by atoms with van der Waals surface area (Å²) in [4.78, 5) is 49.1. The lowest BCUT2D eigenvalue weighted by Crippen LogP contribution is -2.44. The van der Waals surface area contributed by atoms with Crippen LogP contribution in [0, 0.1) is 5.82 Å². The average molecular weight is 718 g/mol. The molecule has 5 N–H and O–H groups in total. The van der Waals surface area contributed by atoms with Crippen LogP contribution in [0.2, 0.25) is 5.02 Å². The number of anilines is 1. The molecular weight excluding hydrogens is 684 g/mol. The SMILES string of the molecule is COc1cc(C(=O)NC[C@@](C=O)(c2ccccc2)c2cc3c(c(-c4ccc(F)c(OC)c4Cl)n2)OC[C@]3(C)C(N)=O)cc(/C=N/C2(F)CC2)c1N. The number of methoxy groups -OCH3 is 2. The number of fused-ring (bicyclic) bond motifs is 1. The summed E-state index contributed by atoms with van der Waals surface area (Å²) in [7, 11) is 2.64. The smallest absolute Gasteiger partial charge is 0.251 e. The second-order valence-electron chi connectivity index (χ2n) is 12.7. The topological polar surface area (TPSA) is 168 Å². The molecule has 1 saturated carbocycles. The lowest BCUT2D eigenvalue weighted by Gasteiger charge is -2.30. The van der Waals surface area contributed by atoms with E-state index in [9.17, 15) is 23.2 Å². The molecule has 0 spiro atoms. The summed E-state index contributed by atoms with van der Waals surface area (Å²) in [5, 5.41) is 2.71. The van der Waals surface area contributed by atoms with E-state index in [1.807, 2.05) is 0 Å². The number of aliphatic imine (C=N–C) groups is 1. The largest absolute Gasteiger partial charge is 0.495 e. The van der Waals surface area contributed by atoms with Crippen molar-refractivity contribution < 1.29 is 37.4 Å². The standard InChI is InChI=1S/C37H34ClF2N5O6/c1-35(34(42)48)19-51-31-24(35)15-27(45-30(31)23-9-10-25(39)32(50-3)28(23)38)36(18-46,22-7-5-4-6-8-22)17-43-33(47)20-13-21(16-44-37(40)11-12-37)29(41)26(14-20)49-2/h4-10,13-16,18H,11-12,17,19,41H2,1-3H3,(H2,42,48)(H,43,47)/b44-16+/t35-,36+/m0/s1. The fourth-order valence-electron chi connectivity index (χ4n) is 5.94. The van der Waals surface area contributed by atoms with Gasteiger partial charge < -0.3 is 35.8 Å². The number of aldehydes is 1. The molecule has 1 aliphatic carbocycles. The van der Waals surface area contributed by atoms with Crippen molar-refractivity contribution in [2.45, 2.75) is 36.4 Å². The zero-order valence-corrected chi connectivity index (χ0v) is 28.6. The highest BCUT2D eigenvalue weighted by Gasteiger charge is 2.47. The number of carbonyl (C=O) groups is 3. The summed E-state index contributed by atoms with van der Waals surface area (Å²) in [6.45, 7) is 1.12. The van der Waals surface area contributed by atoms with E-state index in [4.69, 9.17) is 42.3 Å². The number of pyridine rings is 1. The molecule has 11 nitrogen and oxygen atoms in total. The molecular formula is C37H34ClF2N5O6. The molecule has 0 unspecified atom stereocenters. The molecule has 51 heavy (non-hydrogen) atoms. The van der Waals surface area contributed by atoms with Crippen LogP contribution in [-0.4, -0.2) is 62.5 Å². The Kier molecular flexibility index (Phi) is 9.19. The van der Waals surface area contributed by atoms with E-state index in [-0.39, 0.29) is 82.0 Å². The van der Waals surface area contributed by atoms with Crippen molar-refractivity contribution in [1.29, 1.82) is 0 Å². The maximum atomic E-state index is 14.7. The van der Waals surface area contributed by atoms with E-state index < -0.39 is 34.3 Å². The van der Waals surface area contributed by atoms with Gasteiger partial charge in [-0.05, 0) is 42.8 Å². The molecule has 0 radical (unpaired) electrons. The minimum Gasteiger partial charge on any atom is -0.495 e. The van der Waals surface area contributed by atoms with Gasteiger partial charge in [0.25, 0.3) is 5.91 Å². The first-order valence-electron chi connectivity index (χ1n) is 15.8. The Morgan fingerprint density at radius 3 is 2.49 bits per heavy atom. The van der Waals surface area contributed by atoms with Gasteiger partial charge in [-0.3, -0.25) is 14.6 Å². The lowest BCUT2D eigenvalue weighted by molar-refractivity contribution is -0.123. The molecule has 6 rings (SSSR count). The maximum Gasteiger partial charge on any atom is 0.251 e. The van der Waals surface area contributed by atoms with Crippen molar-refractivity contribution in [3.63, 3.8) is 0 Å². The fraction of sp³-hybridized carbons (Fsp3) is 0.270. The van der Waals surface area contributed by atoms with Gasteiger partial charge in [-0.1, -0.05) is 41.9 Å². The quantitative estimate of drug-likeness (QED) is 0.0790. The third kappa shape index (κ3) is 6.22. The Morgan fingerprint density at radius 2 is 1.86 bits per heavy atom. The number of rotatable bonds is 12. The van der Waals surface area contributed by atoms with E-state index in [1.54, 1.807) is 43.3 Å². The monoisotopic (exact) mass is 717 g/mol. The Balaban J connectivity index is 1.50. The number of aromatic nitrogens is 1. The van der Waals surface area contributed by atoms with Crippen molar-refractivity contribution in [3.8, 4) is 28.5 Å². The molecule has 1 aromatic heterocycles. The van der Waals surface area contributed by atoms with Crippen LogP contribution in [0.5, 0.6) is 17.2 Å². The van der Waals surface area contributed by atoms with Gasteiger partial charge in [-0.2, -0.15) is 0 Å². The molecule has 2 atom stereocenters. The Bertz CT molecular complexity index is 2090. The number of amides is 2. The Morgan fingerprint density at radius 1 is 1.14 bits per heavy atom. The number of nitrogens with two attached hydrogens (primary N) is 2. The highest BCUT2D eigenvalue weighted by Crippen LogP contribution is 2.49. The number of primary amides is 1. The van der Waals surface area contributed by atoms with Gasteiger partial charge in [-0.15, -0.1) is 0 Å². The van der Waals surface area contributed by atoms with Crippen molar-refractivity contribution >= 4 is 41.6 Å². The third-order valence-electron chi connectivity index (χ3n) is 9.35. The van der Waals surface area contributed by atoms with Crippen LogP contribution in [0.25, 0.3) is 11.3 Å². The van der Waals surface area contributed by atoms with Crippen LogP contribution in [0.3, 0.4) is 0 Å². The first-order chi connectivity index (χ1) is 24.3. The molecule has 1 aliphatic heterocycles. The molecule has 1 fully saturated rings. The van der Waals surface area contributed by atoms with Crippen LogP contribution in [0.1, 0.15) is 52.5 Å². The van der Waals surface area contributed by atoms with Crippen molar-refractivity contribution in [3.05, 3.63) is 99.5 Å². The van der Waals surface area contributed by atoms with Crippen molar-refractivity contribution in [1.82, 2.24) is 10.3 Å². The molecule has 0 saturated heterocycles. The first kappa shape index (κ1) is 35.3. The number of hydrogen-bond acceptors (Lipinski definition) is 9. The molecule has 4 aromatic rings. The van der Waals surface area contributed by atoms with Crippen LogP contribution in [0.4, 0.5) is 14.5 Å². The Labute approximate surface area is 297 Å². The number of ether oxygens (including phenoxy) is 3. The average Bonchev–Trinajstić information content (AvgIpc) is 3.77. The number of carbonyl (C=O) groups excluding carboxylic acids is 3. The number of nitrogens with one attached hydrogen (secondary N) is 1. The van der Waals surface area contributed by atoms with Gasteiger partial charge in [0.2, 0.25) is 5.91 Å². The number of nitrogen functional groups attached to an aromatic ring is 1. The lowest BCUT2D eigenvalue weighted by atomic mass is 9.75. The van der Waals surface area contributed by atoms with Crippen LogP contribution in [-0.2, 0) is 20.4 Å². The third-order valence-corrected chi connectivity index (χ3v) is 9.73. The molecule has 2 heterocycles. The number of alkyl halides is 1. The van der Waals surface area contributed by atoms with E-state index in [0.717, 1.165) is 6.07 Å². The second-order valence-corrected chi connectivity index (χ2v) is 13.0. The van der Waals surface area contributed by atoms with Gasteiger partial charge in [0.15, 0.2) is 17.4 Å². The number of hydrogen-bond donors (Lipinski definition) is 3. The molecule has 2 amide bonds. The van der Waals surface area contributed by atoms with Crippen LogP contribution < -0.4 is 31.0 Å². The minimum absolute atomic E-state index is 0.0951. The summed E-state index contributed by atoms with van der Waals surface area (Å²) in [5.41, 5.74) is 10.8. The van der Waals surface area contributed by atoms with Gasteiger partial charge in [0.1, 0.15) is 40.9 Å². The van der Waals surface area contributed by atoms with E-state index in [2.05, 4.69) is 10.3 Å². The molecule has 14 heteroatoms. The predicted molar refractivity (Wildman–Crippen MR) is 187 cm³/mol. The number of benzene rings is 3. The van der Waals surface area contributed by atoms with E-state index >= 15 is 0 Å².